The largest absolute Gasteiger partial charge is 0.309 e. The molecule has 0 aliphatic carbocycles. The van der Waals surface area contributed by atoms with Gasteiger partial charge >= 0.3 is 0 Å². The van der Waals surface area contributed by atoms with Gasteiger partial charge in [-0.3, -0.25) is 4.57 Å². The Kier molecular flexibility index (Phi) is 5.25. The van der Waals surface area contributed by atoms with Crippen LogP contribution in [-0.2, 0) is 0 Å². The summed E-state index contributed by atoms with van der Waals surface area (Å²) in [6.45, 7) is 0. The van der Waals surface area contributed by atoms with Gasteiger partial charge in [-0.25, -0.2) is 9.97 Å². The molecule has 0 spiro atoms. The molecule has 0 radical (unpaired) electrons. The molecule has 0 bridgehead atoms. The zero-order chi connectivity index (χ0) is 30.2. The molecule has 0 atom stereocenters. The minimum absolute atomic E-state index is 0.659. The second-order valence-corrected chi connectivity index (χ2v) is 11.8. The SMILES string of the molecule is c1ccc(-c2nc(-n3c4cc5ccccc5cc4c4c(-n5c6ccccc6c6ccccc65)cccc43)nc3ccccc23)cc1. The van der Waals surface area contributed by atoms with Crippen LogP contribution in [0.25, 0.3) is 88.2 Å². The van der Waals surface area contributed by atoms with Crippen molar-refractivity contribution in [3.63, 3.8) is 0 Å². The summed E-state index contributed by atoms with van der Waals surface area (Å²) in [6, 6.07) is 55.9. The van der Waals surface area contributed by atoms with E-state index in [4.69, 9.17) is 9.97 Å². The highest BCUT2D eigenvalue weighted by molar-refractivity contribution is 6.18. The van der Waals surface area contributed by atoms with Crippen LogP contribution in [0.5, 0.6) is 0 Å². The van der Waals surface area contributed by atoms with Crippen LogP contribution >= 0.6 is 0 Å². The first-order valence-corrected chi connectivity index (χ1v) is 15.6. The van der Waals surface area contributed by atoms with Crippen molar-refractivity contribution in [2.24, 2.45) is 0 Å². The monoisotopic (exact) mass is 586 g/mol. The predicted octanol–water partition coefficient (Wildman–Crippen LogP) is 10.6. The summed E-state index contributed by atoms with van der Waals surface area (Å²) in [5.74, 6) is 0.659. The lowest BCUT2D eigenvalue weighted by Crippen LogP contribution is -2.03. The second-order valence-electron chi connectivity index (χ2n) is 11.8. The Balaban J connectivity index is 1.38. The number of rotatable bonds is 3. The summed E-state index contributed by atoms with van der Waals surface area (Å²) < 4.78 is 4.68. The topological polar surface area (TPSA) is 35.6 Å². The van der Waals surface area contributed by atoms with Crippen molar-refractivity contribution < 1.29 is 0 Å². The smallest absolute Gasteiger partial charge is 0.235 e. The first-order chi connectivity index (χ1) is 22.8. The summed E-state index contributed by atoms with van der Waals surface area (Å²) in [4.78, 5) is 10.6. The van der Waals surface area contributed by atoms with E-state index in [0.29, 0.717) is 5.95 Å². The lowest BCUT2D eigenvalue weighted by Gasteiger charge is -2.12. The molecule has 7 aromatic carbocycles. The molecular formula is C42H26N4. The van der Waals surface area contributed by atoms with Gasteiger partial charge in [-0.15, -0.1) is 0 Å². The molecule has 0 unspecified atom stereocenters. The van der Waals surface area contributed by atoms with Gasteiger partial charge in [-0.2, -0.15) is 0 Å². The van der Waals surface area contributed by atoms with Crippen LogP contribution in [0.4, 0.5) is 0 Å². The number of hydrogen-bond acceptors (Lipinski definition) is 2. The second kappa shape index (κ2) is 9.62. The Morgan fingerprint density at radius 3 is 1.76 bits per heavy atom. The van der Waals surface area contributed by atoms with Gasteiger partial charge in [0.15, 0.2) is 0 Å². The molecule has 0 aliphatic heterocycles. The van der Waals surface area contributed by atoms with Crippen molar-refractivity contribution in [3.8, 4) is 22.9 Å². The molecule has 10 aromatic rings. The Bertz CT molecular complexity index is 2750. The first kappa shape index (κ1) is 25.1. The van der Waals surface area contributed by atoms with Crippen molar-refractivity contribution >= 4 is 65.3 Å². The molecule has 3 heterocycles. The van der Waals surface area contributed by atoms with Crippen molar-refractivity contribution in [2.75, 3.05) is 0 Å². The minimum atomic E-state index is 0.659. The third-order valence-electron chi connectivity index (χ3n) is 9.30. The van der Waals surface area contributed by atoms with Crippen LogP contribution in [0.3, 0.4) is 0 Å². The van der Waals surface area contributed by atoms with E-state index in [9.17, 15) is 0 Å². The molecule has 0 aliphatic rings. The molecule has 46 heavy (non-hydrogen) atoms. The van der Waals surface area contributed by atoms with E-state index < -0.39 is 0 Å². The van der Waals surface area contributed by atoms with Gasteiger partial charge in [0.1, 0.15) is 0 Å². The quantitative estimate of drug-likeness (QED) is 0.206. The third-order valence-corrected chi connectivity index (χ3v) is 9.30. The fourth-order valence-electron chi connectivity index (χ4n) is 7.30. The zero-order valence-electron chi connectivity index (χ0n) is 24.8. The van der Waals surface area contributed by atoms with E-state index in [-0.39, 0.29) is 0 Å². The fourth-order valence-corrected chi connectivity index (χ4v) is 7.30. The maximum Gasteiger partial charge on any atom is 0.235 e. The van der Waals surface area contributed by atoms with Crippen molar-refractivity contribution in [3.05, 3.63) is 158 Å². The van der Waals surface area contributed by atoms with Gasteiger partial charge in [0.2, 0.25) is 5.95 Å². The average molecular weight is 587 g/mol. The number of benzene rings is 7. The van der Waals surface area contributed by atoms with E-state index in [1.165, 1.54) is 43.4 Å². The van der Waals surface area contributed by atoms with Gasteiger partial charge in [-0.05, 0) is 53.2 Å². The number of para-hydroxylation sites is 3. The highest BCUT2D eigenvalue weighted by Crippen LogP contribution is 2.41. The highest BCUT2D eigenvalue weighted by Gasteiger charge is 2.22. The van der Waals surface area contributed by atoms with Crippen LogP contribution < -0.4 is 0 Å². The maximum atomic E-state index is 5.33. The van der Waals surface area contributed by atoms with Gasteiger partial charge in [0, 0.05) is 32.5 Å². The zero-order valence-corrected chi connectivity index (χ0v) is 24.8. The van der Waals surface area contributed by atoms with Gasteiger partial charge in [-0.1, -0.05) is 115 Å². The molecular weight excluding hydrogens is 560 g/mol. The molecule has 0 saturated carbocycles. The lowest BCUT2D eigenvalue weighted by atomic mass is 10.1. The fraction of sp³-hybridized carbons (Fsp3) is 0. The van der Waals surface area contributed by atoms with Crippen LogP contribution in [-0.4, -0.2) is 19.1 Å². The third kappa shape index (κ3) is 3.55. The van der Waals surface area contributed by atoms with Gasteiger partial charge < -0.3 is 4.57 Å². The summed E-state index contributed by atoms with van der Waals surface area (Å²) in [6.07, 6.45) is 0. The van der Waals surface area contributed by atoms with Crippen LogP contribution in [0.15, 0.2) is 158 Å². The normalized spacial score (nSPS) is 11.9. The van der Waals surface area contributed by atoms with Crippen LogP contribution in [0.2, 0.25) is 0 Å². The molecule has 0 saturated heterocycles. The minimum Gasteiger partial charge on any atom is -0.309 e. The summed E-state index contributed by atoms with van der Waals surface area (Å²) in [7, 11) is 0. The molecule has 214 valence electrons. The van der Waals surface area contributed by atoms with Gasteiger partial charge in [0.05, 0.1) is 39.0 Å². The van der Waals surface area contributed by atoms with Crippen LogP contribution in [0.1, 0.15) is 0 Å². The van der Waals surface area contributed by atoms with Gasteiger partial charge in [0.25, 0.3) is 0 Å². The molecule has 0 N–H and O–H groups in total. The first-order valence-electron chi connectivity index (χ1n) is 15.6. The average Bonchev–Trinajstić information content (AvgIpc) is 3.63. The maximum absolute atomic E-state index is 5.33. The molecule has 10 rings (SSSR count). The van der Waals surface area contributed by atoms with E-state index >= 15 is 0 Å². The van der Waals surface area contributed by atoms with E-state index in [1.807, 2.05) is 12.1 Å². The number of aromatic nitrogens is 4. The Morgan fingerprint density at radius 1 is 0.391 bits per heavy atom. The molecule has 0 fully saturated rings. The predicted molar refractivity (Wildman–Crippen MR) is 191 cm³/mol. The molecule has 0 amide bonds. The highest BCUT2D eigenvalue weighted by atomic mass is 15.2. The van der Waals surface area contributed by atoms with Crippen molar-refractivity contribution in [1.29, 1.82) is 0 Å². The molecule has 4 nitrogen and oxygen atoms in total. The lowest BCUT2D eigenvalue weighted by molar-refractivity contribution is 1.01. The number of hydrogen-bond donors (Lipinski definition) is 0. The Labute approximate surface area is 264 Å². The Hall–Kier alpha value is -6.26. The standard InChI is InChI=1S/C42H26N4/c1-2-13-27(14-3-1)41-32-19-6-9-20-34(32)43-42(44-41)46-38-24-12-23-37(40(38)33-25-28-15-4-5-16-29(28)26-39(33)46)45-35-21-10-7-17-30(35)31-18-8-11-22-36(31)45/h1-26H. The summed E-state index contributed by atoms with van der Waals surface area (Å²) >= 11 is 0. The molecule has 3 aromatic heterocycles. The summed E-state index contributed by atoms with van der Waals surface area (Å²) in [5, 5.41) is 8.26. The van der Waals surface area contributed by atoms with E-state index in [0.717, 1.165) is 38.9 Å². The number of nitrogens with zero attached hydrogens (tertiary/aromatic N) is 4. The number of fused-ring (bicyclic) bond motifs is 8. The van der Waals surface area contributed by atoms with Crippen molar-refractivity contribution in [1.82, 2.24) is 19.1 Å². The Morgan fingerprint density at radius 2 is 1.00 bits per heavy atom. The summed E-state index contributed by atoms with van der Waals surface area (Å²) in [5.41, 5.74) is 8.57. The molecule has 4 heteroatoms. The van der Waals surface area contributed by atoms with Crippen molar-refractivity contribution in [2.45, 2.75) is 0 Å². The van der Waals surface area contributed by atoms with E-state index in [1.54, 1.807) is 0 Å². The van der Waals surface area contributed by atoms with E-state index in [2.05, 4.69) is 155 Å². The van der Waals surface area contributed by atoms with Crippen LogP contribution in [0, 0.1) is 0 Å².